The van der Waals surface area contributed by atoms with Crippen molar-refractivity contribution in [1.82, 2.24) is 4.90 Å². The molecule has 0 fully saturated rings. The molecule has 0 atom stereocenters. The zero-order valence-corrected chi connectivity index (χ0v) is 14.9. The van der Waals surface area contributed by atoms with Gasteiger partial charge in [-0.2, -0.15) is 12.2 Å². The van der Waals surface area contributed by atoms with E-state index < -0.39 is 13.0 Å². The summed E-state index contributed by atoms with van der Waals surface area (Å²) in [4.78, 5) is 1.95. The number of benzene rings is 1. The number of hydrogen-bond acceptors (Lipinski definition) is 2. The van der Waals surface area contributed by atoms with E-state index in [-0.39, 0.29) is 32.7 Å². The first-order valence-electron chi connectivity index (χ1n) is 6.23. The van der Waals surface area contributed by atoms with Gasteiger partial charge in [0.1, 0.15) is 12.4 Å². The van der Waals surface area contributed by atoms with Crippen LogP contribution in [-0.4, -0.2) is 25.0 Å². The number of nitrogens with zero attached hydrogens (tertiary/aromatic N) is 1. The van der Waals surface area contributed by atoms with Gasteiger partial charge in [-0.05, 0) is 17.8 Å². The van der Waals surface area contributed by atoms with E-state index in [4.69, 9.17) is 4.74 Å². The molecule has 21 heavy (non-hydrogen) atoms. The van der Waals surface area contributed by atoms with Gasteiger partial charge in [0.05, 0.1) is 0 Å². The van der Waals surface area contributed by atoms with Crippen molar-refractivity contribution >= 4 is 5.70 Å². The summed E-state index contributed by atoms with van der Waals surface area (Å²) >= 11 is 0. The van der Waals surface area contributed by atoms with Gasteiger partial charge in [-0.1, -0.05) is 24.8 Å². The quantitative estimate of drug-likeness (QED) is 0.751. The minimum Gasteiger partial charge on any atom is -0.488 e. The summed E-state index contributed by atoms with van der Waals surface area (Å²) in [5, 5.41) is 0. The molecule has 1 aliphatic heterocycles. The first-order valence-corrected chi connectivity index (χ1v) is 6.23. The van der Waals surface area contributed by atoms with Crippen LogP contribution >= 0.6 is 0 Å². The molecular formula is C16H16F2NOY-. The second-order valence-electron chi connectivity index (χ2n) is 4.55. The van der Waals surface area contributed by atoms with E-state index in [9.17, 15) is 8.78 Å². The second kappa shape index (κ2) is 7.85. The SMILES string of the molecule is C=C1C(C)=C[C-]=C(c2ccc(OCC(F)F)cc2)N1C.[Y]. The summed E-state index contributed by atoms with van der Waals surface area (Å²) in [6.07, 6.45) is 2.62. The Hall–Kier alpha value is -0.996. The number of ether oxygens (including phenoxy) is 1. The number of likely N-dealkylation sites (N-methyl/N-ethyl adjacent to an activating group) is 1. The van der Waals surface area contributed by atoms with Gasteiger partial charge in [0.25, 0.3) is 6.43 Å². The molecule has 1 heterocycles. The molecule has 0 aliphatic carbocycles. The van der Waals surface area contributed by atoms with Gasteiger partial charge in [0.15, 0.2) is 0 Å². The van der Waals surface area contributed by atoms with Crippen molar-refractivity contribution in [2.45, 2.75) is 13.3 Å². The number of rotatable bonds is 4. The van der Waals surface area contributed by atoms with Gasteiger partial charge < -0.3 is 9.64 Å². The van der Waals surface area contributed by atoms with Crippen LogP contribution in [0.5, 0.6) is 5.75 Å². The maximum atomic E-state index is 12.1. The van der Waals surface area contributed by atoms with Gasteiger partial charge in [0.2, 0.25) is 0 Å². The first-order chi connectivity index (χ1) is 9.49. The smallest absolute Gasteiger partial charge is 0.272 e. The van der Waals surface area contributed by atoms with E-state index in [1.54, 1.807) is 12.1 Å². The molecule has 109 valence electrons. The Morgan fingerprint density at radius 3 is 2.48 bits per heavy atom. The molecule has 0 amide bonds. The van der Waals surface area contributed by atoms with Crippen LogP contribution in [0.2, 0.25) is 0 Å². The maximum absolute atomic E-state index is 12.1. The minimum absolute atomic E-state index is 0. The first kappa shape index (κ1) is 18.1. The minimum atomic E-state index is -2.47. The molecule has 5 heteroatoms. The molecule has 2 nitrogen and oxygen atoms in total. The molecule has 1 aromatic carbocycles. The fraction of sp³-hybridized carbons (Fsp3) is 0.250. The van der Waals surface area contributed by atoms with E-state index in [0.29, 0.717) is 5.75 Å². The predicted octanol–water partition coefficient (Wildman–Crippen LogP) is 3.88. The van der Waals surface area contributed by atoms with Crippen molar-refractivity contribution in [1.29, 1.82) is 0 Å². The molecule has 0 saturated carbocycles. The van der Waals surface area contributed by atoms with Crippen molar-refractivity contribution in [3.05, 3.63) is 59.8 Å². The number of allylic oxidation sites excluding steroid dienone is 3. The van der Waals surface area contributed by atoms with E-state index in [1.165, 1.54) is 0 Å². The van der Waals surface area contributed by atoms with Gasteiger partial charge in [-0.3, -0.25) is 0 Å². The van der Waals surface area contributed by atoms with Crippen molar-refractivity contribution in [2.75, 3.05) is 13.7 Å². The fourth-order valence-corrected chi connectivity index (χ4v) is 1.90. The maximum Gasteiger partial charge on any atom is 0.272 e. The third kappa shape index (κ3) is 4.48. The molecular weight excluding hydrogens is 349 g/mol. The van der Waals surface area contributed by atoms with Crippen LogP contribution in [0.1, 0.15) is 12.5 Å². The van der Waals surface area contributed by atoms with Gasteiger partial charge >= 0.3 is 0 Å². The molecule has 0 aromatic heterocycles. The van der Waals surface area contributed by atoms with E-state index in [2.05, 4.69) is 12.7 Å². The van der Waals surface area contributed by atoms with E-state index in [0.717, 1.165) is 22.5 Å². The van der Waals surface area contributed by atoms with Crippen molar-refractivity contribution in [3.8, 4) is 5.75 Å². The van der Waals surface area contributed by atoms with Crippen LogP contribution in [0.15, 0.2) is 48.2 Å². The Labute approximate surface area is 149 Å². The summed E-state index contributed by atoms with van der Waals surface area (Å²) in [5.41, 5.74) is 3.80. The molecule has 1 radical (unpaired) electrons. The molecule has 0 N–H and O–H groups in total. The zero-order chi connectivity index (χ0) is 14.7. The molecule has 0 spiro atoms. The predicted molar refractivity (Wildman–Crippen MR) is 75.3 cm³/mol. The summed E-state index contributed by atoms with van der Waals surface area (Å²) in [5.74, 6) is 0.429. The second-order valence-corrected chi connectivity index (χ2v) is 4.55. The van der Waals surface area contributed by atoms with Crippen LogP contribution in [-0.2, 0) is 32.7 Å². The van der Waals surface area contributed by atoms with Crippen molar-refractivity contribution in [2.24, 2.45) is 0 Å². The zero-order valence-electron chi connectivity index (χ0n) is 12.1. The average molecular weight is 365 g/mol. The molecule has 2 rings (SSSR count). The van der Waals surface area contributed by atoms with Crippen LogP contribution < -0.4 is 4.74 Å². The topological polar surface area (TPSA) is 12.5 Å². The van der Waals surface area contributed by atoms with Crippen LogP contribution in [0.3, 0.4) is 0 Å². The molecule has 0 saturated heterocycles. The number of halogens is 2. The van der Waals surface area contributed by atoms with Gasteiger partial charge in [0, 0.05) is 39.8 Å². The summed E-state index contributed by atoms with van der Waals surface area (Å²) in [6, 6.07) is 6.99. The molecule has 1 aliphatic rings. The van der Waals surface area contributed by atoms with Crippen molar-refractivity contribution in [3.63, 3.8) is 0 Å². The van der Waals surface area contributed by atoms with E-state index in [1.807, 2.05) is 37.1 Å². The van der Waals surface area contributed by atoms with Gasteiger partial charge in [-0.25, -0.2) is 8.78 Å². The third-order valence-corrected chi connectivity index (χ3v) is 3.12. The van der Waals surface area contributed by atoms with Crippen molar-refractivity contribution < 1.29 is 46.2 Å². The largest absolute Gasteiger partial charge is 0.488 e. The number of alkyl halides is 2. The van der Waals surface area contributed by atoms with Crippen LogP contribution in [0.4, 0.5) is 8.78 Å². The Balaban J connectivity index is 0.00000220. The summed E-state index contributed by atoms with van der Waals surface area (Å²) < 4.78 is 29.1. The summed E-state index contributed by atoms with van der Waals surface area (Å²) in [6.45, 7) is 5.39. The molecule has 1 aromatic rings. The number of hydrogen-bond donors (Lipinski definition) is 0. The standard InChI is InChI=1S/C16H16F2NO.Y/c1-11-4-9-15(19(3)12(11)2)13-5-7-14(8-6-13)20-10-16(17)18;/h4-8,16H,2,10H2,1,3H3;/q-1;. The normalized spacial score (nSPS) is 14.5. The monoisotopic (exact) mass is 365 g/mol. The Kier molecular flexibility index (Phi) is 6.75. The molecule has 0 unspecified atom stereocenters. The van der Waals surface area contributed by atoms with Gasteiger partial charge in [-0.15, -0.1) is 17.7 Å². The average Bonchev–Trinajstić information content (AvgIpc) is 2.43. The Morgan fingerprint density at radius 2 is 1.90 bits per heavy atom. The Morgan fingerprint density at radius 1 is 1.29 bits per heavy atom. The van der Waals surface area contributed by atoms with Crippen LogP contribution in [0.25, 0.3) is 5.70 Å². The third-order valence-electron chi connectivity index (χ3n) is 3.12. The Bertz CT molecular complexity index is 564. The van der Waals surface area contributed by atoms with E-state index >= 15 is 0 Å². The fourth-order valence-electron chi connectivity index (χ4n) is 1.90. The van der Waals surface area contributed by atoms with Crippen LogP contribution in [0, 0.1) is 6.08 Å². The summed E-state index contributed by atoms with van der Waals surface area (Å²) in [7, 11) is 1.92. The molecule has 0 bridgehead atoms.